The Labute approximate surface area is 129 Å². The van der Waals surface area contributed by atoms with Gasteiger partial charge in [0.25, 0.3) is 5.91 Å². The minimum atomic E-state index is -4.41. The first-order chi connectivity index (χ1) is 8.98. The number of hydrogen-bond acceptors (Lipinski definition) is 2. The highest BCUT2D eigenvalue weighted by molar-refractivity contribution is 14.1. The van der Waals surface area contributed by atoms with Crippen LogP contribution in [0.3, 0.4) is 0 Å². The third-order valence-electron chi connectivity index (χ3n) is 2.07. The zero-order valence-electron chi connectivity index (χ0n) is 11.3. The molecule has 0 radical (unpaired) electrons. The number of benzene rings is 1. The molecule has 0 aliphatic heterocycles. The van der Waals surface area contributed by atoms with E-state index in [-0.39, 0.29) is 17.2 Å². The quantitative estimate of drug-likeness (QED) is 0.784. The van der Waals surface area contributed by atoms with Crippen molar-refractivity contribution in [2.45, 2.75) is 32.5 Å². The van der Waals surface area contributed by atoms with Crippen molar-refractivity contribution in [3.63, 3.8) is 0 Å². The molecule has 0 heterocycles. The number of halogens is 4. The lowest BCUT2D eigenvalue weighted by molar-refractivity contribution is -0.153. The van der Waals surface area contributed by atoms with Crippen LogP contribution in [0.1, 0.15) is 31.1 Å². The topological polar surface area (TPSA) is 38.3 Å². The first kappa shape index (κ1) is 17.1. The van der Waals surface area contributed by atoms with Gasteiger partial charge in [-0.25, -0.2) is 0 Å². The molecule has 7 heteroatoms. The zero-order valence-corrected chi connectivity index (χ0v) is 13.4. The predicted octanol–water partition coefficient (Wildman–Crippen LogP) is 3.76. The molecule has 20 heavy (non-hydrogen) atoms. The van der Waals surface area contributed by atoms with Gasteiger partial charge in [0.1, 0.15) is 5.75 Å². The van der Waals surface area contributed by atoms with Crippen LogP contribution in [0.25, 0.3) is 0 Å². The van der Waals surface area contributed by atoms with E-state index in [2.05, 4.69) is 5.32 Å². The maximum atomic E-state index is 12.1. The summed E-state index contributed by atoms with van der Waals surface area (Å²) in [5, 5.41) is 2.74. The third kappa shape index (κ3) is 5.98. The summed E-state index contributed by atoms with van der Waals surface area (Å²) in [6, 6.07) is 4.40. The van der Waals surface area contributed by atoms with Gasteiger partial charge >= 0.3 is 6.18 Å². The van der Waals surface area contributed by atoms with Gasteiger partial charge in [0, 0.05) is 11.1 Å². The van der Waals surface area contributed by atoms with Gasteiger partial charge in [-0.3, -0.25) is 4.79 Å². The monoisotopic (exact) mass is 401 g/mol. The number of carbonyl (C=O) groups excluding carboxylic acids is 1. The lowest BCUT2D eigenvalue weighted by atomic mass is 10.1. The minimum absolute atomic E-state index is 0.0458. The van der Waals surface area contributed by atoms with Crippen LogP contribution in [0.4, 0.5) is 13.2 Å². The molecule has 112 valence electrons. The molecule has 1 rings (SSSR count). The van der Waals surface area contributed by atoms with Crippen LogP contribution in [-0.2, 0) is 0 Å². The average Bonchev–Trinajstić information content (AvgIpc) is 2.24. The van der Waals surface area contributed by atoms with E-state index in [1.165, 1.54) is 6.07 Å². The fourth-order valence-electron chi connectivity index (χ4n) is 1.33. The minimum Gasteiger partial charge on any atom is -0.483 e. The van der Waals surface area contributed by atoms with E-state index in [0.717, 1.165) is 0 Å². The summed E-state index contributed by atoms with van der Waals surface area (Å²) in [6.07, 6.45) is -4.41. The van der Waals surface area contributed by atoms with E-state index in [9.17, 15) is 18.0 Å². The first-order valence-corrected chi connectivity index (χ1v) is 6.87. The molecule has 0 bridgehead atoms. The average molecular weight is 401 g/mol. The molecule has 0 saturated carbocycles. The molecule has 1 aromatic carbocycles. The van der Waals surface area contributed by atoms with Crippen molar-refractivity contribution < 1.29 is 22.7 Å². The van der Waals surface area contributed by atoms with Crippen LogP contribution in [-0.4, -0.2) is 24.2 Å². The summed E-state index contributed by atoms with van der Waals surface area (Å²) in [5.74, 6) is -0.310. The molecule has 1 amide bonds. The van der Waals surface area contributed by atoms with E-state index in [0.29, 0.717) is 3.57 Å². The second kappa shape index (κ2) is 6.19. The van der Waals surface area contributed by atoms with Crippen molar-refractivity contribution in [1.82, 2.24) is 5.32 Å². The van der Waals surface area contributed by atoms with E-state index in [1.807, 2.05) is 43.4 Å². The Morgan fingerprint density at radius 3 is 2.40 bits per heavy atom. The van der Waals surface area contributed by atoms with Crippen LogP contribution in [0.2, 0.25) is 0 Å². The first-order valence-electron chi connectivity index (χ1n) is 5.79. The Balaban J connectivity index is 2.88. The molecule has 0 fully saturated rings. The van der Waals surface area contributed by atoms with Crippen LogP contribution in [0, 0.1) is 3.57 Å². The second-order valence-corrected chi connectivity index (χ2v) is 6.42. The van der Waals surface area contributed by atoms with Gasteiger partial charge in [0.15, 0.2) is 6.61 Å². The highest BCUT2D eigenvalue weighted by Gasteiger charge is 2.29. The van der Waals surface area contributed by atoms with Crippen LogP contribution >= 0.6 is 22.6 Å². The largest absolute Gasteiger partial charge is 0.483 e. The number of ether oxygens (including phenoxy) is 1. The van der Waals surface area contributed by atoms with Gasteiger partial charge in [0.05, 0.1) is 3.57 Å². The molecule has 1 aromatic rings. The highest BCUT2D eigenvalue weighted by Crippen LogP contribution is 2.25. The summed E-state index contributed by atoms with van der Waals surface area (Å²) < 4.78 is 41.7. The van der Waals surface area contributed by atoms with Crippen molar-refractivity contribution >= 4 is 28.5 Å². The molecule has 0 saturated heterocycles. The number of nitrogens with one attached hydrogen (secondary N) is 1. The molecule has 0 atom stereocenters. The molecule has 0 aliphatic rings. The van der Waals surface area contributed by atoms with E-state index >= 15 is 0 Å². The number of amides is 1. The Morgan fingerprint density at radius 2 is 1.90 bits per heavy atom. The molecule has 0 spiro atoms. The van der Waals surface area contributed by atoms with Crippen molar-refractivity contribution in [1.29, 1.82) is 0 Å². The molecule has 1 N–H and O–H groups in total. The summed E-state index contributed by atoms with van der Waals surface area (Å²) in [7, 11) is 0. The van der Waals surface area contributed by atoms with E-state index in [1.54, 1.807) is 12.1 Å². The van der Waals surface area contributed by atoms with Gasteiger partial charge in [-0.15, -0.1) is 0 Å². The van der Waals surface area contributed by atoms with E-state index < -0.39 is 18.3 Å². The fourth-order valence-corrected chi connectivity index (χ4v) is 1.82. The van der Waals surface area contributed by atoms with Crippen molar-refractivity contribution in [2.75, 3.05) is 6.61 Å². The van der Waals surface area contributed by atoms with Gasteiger partial charge in [-0.2, -0.15) is 13.2 Å². The van der Waals surface area contributed by atoms with Gasteiger partial charge < -0.3 is 10.1 Å². The van der Waals surface area contributed by atoms with Crippen LogP contribution in [0.15, 0.2) is 18.2 Å². The summed E-state index contributed by atoms with van der Waals surface area (Å²) in [4.78, 5) is 11.9. The fraction of sp³-hybridized carbons (Fsp3) is 0.462. The molecule has 0 unspecified atom stereocenters. The SMILES string of the molecule is CC(C)(C)NC(=O)c1ccc(I)c(OCC(F)(F)F)c1. The lowest BCUT2D eigenvalue weighted by Crippen LogP contribution is -2.40. The van der Waals surface area contributed by atoms with Crippen LogP contribution in [0.5, 0.6) is 5.75 Å². The number of carbonyl (C=O) groups is 1. The smallest absolute Gasteiger partial charge is 0.422 e. The lowest BCUT2D eigenvalue weighted by Gasteiger charge is -2.21. The molecular formula is C13H15F3INO2. The normalized spacial score (nSPS) is 12.2. The number of rotatable bonds is 3. The number of hydrogen-bond donors (Lipinski definition) is 1. The van der Waals surface area contributed by atoms with Gasteiger partial charge in [-0.05, 0) is 61.6 Å². The maximum Gasteiger partial charge on any atom is 0.422 e. The summed E-state index contributed by atoms with van der Waals surface area (Å²) in [5.41, 5.74) is -0.162. The van der Waals surface area contributed by atoms with Crippen molar-refractivity contribution in [2.24, 2.45) is 0 Å². The predicted molar refractivity (Wildman–Crippen MR) is 77.9 cm³/mol. The summed E-state index contributed by atoms with van der Waals surface area (Å²) >= 11 is 1.86. The van der Waals surface area contributed by atoms with Gasteiger partial charge in [0.2, 0.25) is 0 Å². The van der Waals surface area contributed by atoms with Crippen LogP contribution < -0.4 is 10.1 Å². The molecule has 0 aromatic heterocycles. The van der Waals surface area contributed by atoms with E-state index in [4.69, 9.17) is 4.74 Å². The Bertz CT molecular complexity index is 495. The third-order valence-corrected chi connectivity index (χ3v) is 2.96. The standard InChI is InChI=1S/C13H15F3INO2/c1-12(2,3)18-11(19)8-4-5-9(17)10(6-8)20-7-13(14,15)16/h4-6H,7H2,1-3H3,(H,18,19). The number of alkyl halides is 3. The second-order valence-electron chi connectivity index (χ2n) is 5.25. The molecule has 3 nitrogen and oxygen atoms in total. The van der Waals surface area contributed by atoms with Gasteiger partial charge in [-0.1, -0.05) is 0 Å². The van der Waals surface area contributed by atoms with Crippen molar-refractivity contribution in [3.05, 3.63) is 27.3 Å². The summed E-state index contributed by atoms with van der Waals surface area (Å²) in [6.45, 7) is 4.07. The highest BCUT2D eigenvalue weighted by atomic mass is 127. The Morgan fingerprint density at radius 1 is 1.30 bits per heavy atom. The Kier molecular flexibility index (Phi) is 5.28. The maximum absolute atomic E-state index is 12.1. The molecule has 0 aliphatic carbocycles. The molecular weight excluding hydrogens is 386 g/mol. The Hall–Kier alpha value is -0.990. The van der Waals surface area contributed by atoms with Crippen molar-refractivity contribution in [3.8, 4) is 5.75 Å². The zero-order chi connectivity index (χ0) is 15.6.